The predicted molar refractivity (Wildman–Crippen MR) is 88.9 cm³/mol. The molecule has 24 heavy (non-hydrogen) atoms. The molecule has 2 aliphatic heterocycles. The van der Waals surface area contributed by atoms with Crippen molar-refractivity contribution in [1.82, 2.24) is 4.90 Å². The maximum absolute atomic E-state index is 10.4. The first-order chi connectivity index (χ1) is 11.8. The second kappa shape index (κ2) is 6.97. The molecule has 0 spiro atoms. The lowest BCUT2D eigenvalue weighted by Crippen LogP contribution is -2.45. The largest absolute Gasteiger partial charge is 0.493 e. The van der Waals surface area contributed by atoms with Crippen molar-refractivity contribution in [1.29, 1.82) is 0 Å². The fraction of sp³-hybridized carbons (Fsp3) is 0.474. The van der Waals surface area contributed by atoms with E-state index in [1.54, 1.807) is 12.3 Å². The standard InChI is InChI=1S/C19H23NO4/c21-17(19-2-1-7-23-19)11-16-13-22-9-6-20(16)12-14-3-4-18-15(10-14)5-8-24-18/h1-4,7,10,16-17,21H,5-6,8-9,11-13H2. The summed E-state index contributed by atoms with van der Waals surface area (Å²) in [6.45, 7) is 3.91. The number of nitrogens with zero attached hydrogens (tertiary/aromatic N) is 1. The van der Waals surface area contributed by atoms with Gasteiger partial charge in [0.2, 0.25) is 0 Å². The molecule has 128 valence electrons. The zero-order chi connectivity index (χ0) is 16.4. The highest BCUT2D eigenvalue weighted by Crippen LogP contribution is 2.28. The molecule has 2 unspecified atom stereocenters. The molecule has 1 aromatic heterocycles. The number of ether oxygens (including phenoxy) is 2. The molecule has 5 heteroatoms. The van der Waals surface area contributed by atoms with Crippen LogP contribution in [-0.2, 0) is 17.7 Å². The molecule has 2 atom stereocenters. The lowest BCUT2D eigenvalue weighted by atomic mass is 10.0. The average Bonchev–Trinajstić information content (AvgIpc) is 3.27. The first-order valence-corrected chi connectivity index (χ1v) is 8.57. The van der Waals surface area contributed by atoms with Gasteiger partial charge in [-0.25, -0.2) is 0 Å². The van der Waals surface area contributed by atoms with E-state index in [1.807, 2.05) is 6.07 Å². The first kappa shape index (κ1) is 15.7. The van der Waals surface area contributed by atoms with Crippen LogP contribution >= 0.6 is 0 Å². The highest BCUT2D eigenvalue weighted by molar-refractivity contribution is 5.39. The maximum atomic E-state index is 10.4. The number of aliphatic hydroxyl groups is 1. The first-order valence-electron chi connectivity index (χ1n) is 8.57. The lowest BCUT2D eigenvalue weighted by molar-refractivity contribution is -0.0323. The lowest BCUT2D eigenvalue weighted by Gasteiger charge is -2.36. The summed E-state index contributed by atoms with van der Waals surface area (Å²) in [6.07, 6.45) is 2.61. The molecule has 0 bridgehead atoms. The van der Waals surface area contributed by atoms with Crippen LogP contribution < -0.4 is 4.74 Å². The third-order valence-electron chi connectivity index (χ3n) is 4.86. The summed E-state index contributed by atoms with van der Waals surface area (Å²) in [5.74, 6) is 1.64. The van der Waals surface area contributed by atoms with Crippen molar-refractivity contribution < 1.29 is 19.0 Å². The van der Waals surface area contributed by atoms with Crippen LogP contribution in [0.2, 0.25) is 0 Å². The van der Waals surface area contributed by atoms with Gasteiger partial charge in [0.15, 0.2) is 0 Å². The van der Waals surface area contributed by atoms with Gasteiger partial charge in [-0.1, -0.05) is 12.1 Å². The highest BCUT2D eigenvalue weighted by atomic mass is 16.5. The number of aliphatic hydroxyl groups excluding tert-OH is 1. The highest BCUT2D eigenvalue weighted by Gasteiger charge is 2.27. The van der Waals surface area contributed by atoms with Crippen molar-refractivity contribution in [3.63, 3.8) is 0 Å². The molecule has 1 saturated heterocycles. The van der Waals surface area contributed by atoms with Crippen LogP contribution in [0.15, 0.2) is 41.0 Å². The smallest absolute Gasteiger partial charge is 0.132 e. The minimum absolute atomic E-state index is 0.184. The zero-order valence-electron chi connectivity index (χ0n) is 13.7. The Morgan fingerprint density at radius 2 is 2.21 bits per heavy atom. The molecule has 0 radical (unpaired) electrons. The second-order valence-electron chi connectivity index (χ2n) is 6.51. The Kier molecular flexibility index (Phi) is 4.56. The Labute approximate surface area is 141 Å². The van der Waals surface area contributed by atoms with E-state index < -0.39 is 6.10 Å². The third kappa shape index (κ3) is 3.34. The number of fused-ring (bicyclic) bond motifs is 1. The summed E-state index contributed by atoms with van der Waals surface area (Å²) in [4.78, 5) is 2.40. The van der Waals surface area contributed by atoms with Crippen molar-refractivity contribution in [3.05, 3.63) is 53.5 Å². The Hall–Kier alpha value is -1.82. The van der Waals surface area contributed by atoms with Crippen LogP contribution in [-0.4, -0.2) is 42.4 Å². The van der Waals surface area contributed by atoms with Crippen LogP contribution in [0.5, 0.6) is 5.75 Å². The maximum Gasteiger partial charge on any atom is 0.132 e. The molecule has 3 heterocycles. The van der Waals surface area contributed by atoms with Gasteiger partial charge in [0.05, 0.1) is 26.1 Å². The minimum atomic E-state index is -0.595. The van der Waals surface area contributed by atoms with Crippen molar-refractivity contribution in [2.75, 3.05) is 26.4 Å². The number of hydrogen-bond donors (Lipinski definition) is 1. The van der Waals surface area contributed by atoms with E-state index in [2.05, 4.69) is 23.1 Å². The van der Waals surface area contributed by atoms with Crippen molar-refractivity contribution in [2.24, 2.45) is 0 Å². The van der Waals surface area contributed by atoms with Gasteiger partial charge in [-0.15, -0.1) is 0 Å². The topological polar surface area (TPSA) is 55.1 Å². The van der Waals surface area contributed by atoms with E-state index in [1.165, 1.54) is 11.1 Å². The summed E-state index contributed by atoms with van der Waals surface area (Å²) in [5.41, 5.74) is 2.59. The molecule has 4 rings (SSSR count). The zero-order valence-corrected chi connectivity index (χ0v) is 13.7. The molecule has 0 amide bonds. The van der Waals surface area contributed by atoms with Crippen LogP contribution in [0, 0.1) is 0 Å². The quantitative estimate of drug-likeness (QED) is 0.913. The van der Waals surface area contributed by atoms with E-state index >= 15 is 0 Å². The Morgan fingerprint density at radius 3 is 3.08 bits per heavy atom. The van der Waals surface area contributed by atoms with E-state index in [-0.39, 0.29) is 6.04 Å². The molecule has 0 aliphatic carbocycles. The van der Waals surface area contributed by atoms with Gasteiger partial charge in [-0.2, -0.15) is 0 Å². The monoisotopic (exact) mass is 329 g/mol. The van der Waals surface area contributed by atoms with E-state index in [0.717, 1.165) is 38.5 Å². The summed E-state index contributed by atoms with van der Waals surface area (Å²) in [5, 5.41) is 10.4. The SMILES string of the molecule is OC(CC1COCCN1Cc1ccc2c(c1)CCO2)c1ccco1. The molecular formula is C19H23NO4. The fourth-order valence-electron chi connectivity index (χ4n) is 3.54. The number of hydrogen-bond acceptors (Lipinski definition) is 5. The number of morpholine rings is 1. The van der Waals surface area contributed by atoms with E-state index in [9.17, 15) is 5.11 Å². The Balaban J connectivity index is 1.44. The van der Waals surface area contributed by atoms with Gasteiger partial charge in [-0.3, -0.25) is 4.90 Å². The van der Waals surface area contributed by atoms with Crippen LogP contribution in [0.3, 0.4) is 0 Å². The van der Waals surface area contributed by atoms with Crippen LogP contribution in [0.1, 0.15) is 29.4 Å². The van der Waals surface area contributed by atoms with Gasteiger partial charge in [-0.05, 0) is 35.7 Å². The molecular weight excluding hydrogens is 306 g/mol. The van der Waals surface area contributed by atoms with Crippen molar-refractivity contribution in [3.8, 4) is 5.75 Å². The van der Waals surface area contributed by atoms with Gasteiger partial charge in [0, 0.05) is 25.6 Å². The molecule has 2 aliphatic rings. The van der Waals surface area contributed by atoms with Gasteiger partial charge >= 0.3 is 0 Å². The number of rotatable bonds is 5. The second-order valence-corrected chi connectivity index (χ2v) is 6.51. The number of benzene rings is 1. The molecule has 5 nitrogen and oxygen atoms in total. The molecule has 2 aromatic rings. The Morgan fingerprint density at radius 1 is 1.25 bits per heavy atom. The van der Waals surface area contributed by atoms with Gasteiger partial charge in [0.25, 0.3) is 0 Å². The Bertz CT molecular complexity index is 670. The van der Waals surface area contributed by atoms with Gasteiger partial charge in [0.1, 0.15) is 17.6 Å². The summed E-state index contributed by atoms with van der Waals surface area (Å²) < 4.78 is 16.5. The molecule has 1 fully saturated rings. The van der Waals surface area contributed by atoms with E-state index in [4.69, 9.17) is 13.9 Å². The summed E-state index contributed by atoms with van der Waals surface area (Å²) in [6, 6.07) is 10.3. The minimum Gasteiger partial charge on any atom is -0.493 e. The van der Waals surface area contributed by atoms with Crippen LogP contribution in [0.25, 0.3) is 0 Å². The summed E-state index contributed by atoms with van der Waals surface area (Å²) in [7, 11) is 0. The van der Waals surface area contributed by atoms with Crippen LogP contribution in [0.4, 0.5) is 0 Å². The average molecular weight is 329 g/mol. The summed E-state index contributed by atoms with van der Waals surface area (Å²) >= 11 is 0. The van der Waals surface area contributed by atoms with E-state index in [0.29, 0.717) is 18.8 Å². The molecule has 1 N–H and O–H groups in total. The normalized spacial score (nSPS) is 22.1. The van der Waals surface area contributed by atoms with Crippen molar-refractivity contribution in [2.45, 2.75) is 31.5 Å². The third-order valence-corrected chi connectivity index (χ3v) is 4.86. The van der Waals surface area contributed by atoms with Crippen molar-refractivity contribution >= 4 is 0 Å². The number of furan rings is 1. The van der Waals surface area contributed by atoms with Gasteiger partial charge < -0.3 is 19.0 Å². The molecule has 1 aromatic carbocycles. The molecule has 0 saturated carbocycles. The fourth-order valence-corrected chi connectivity index (χ4v) is 3.54. The predicted octanol–water partition coefficient (Wildman–Crippen LogP) is 2.54.